The van der Waals surface area contributed by atoms with E-state index in [1.807, 2.05) is 6.07 Å². The van der Waals surface area contributed by atoms with Gasteiger partial charge < -0.3 is 29.7 Å². The van der Waals surface area contributed by atoms with Gasteiger partial charge in [-0.2, -0.15) is 13.2 Å². The number of anilines is 1. The molecule has 1 aliphatic rings. The number of hydrogen-bond acceptors (Lipinski definition) is 9. The van der Waals surface area contributed by atoms with E-state index in [0.29, 0.717) is 18.4 Å². The molecule has 1 fully saturated rings. The quantitative estimate of drug-likeness (QED) is 0.157. The first-order valence-corrected chi connectivity index (χ1v) is 15.4. The summed E-state index contributed by atoms with van der Waals surface area (Å²) in [4.78, 5) is 65.0. The van der Waals surface area contributed by atoms with Gasteiger partial charge in [0.1, 0.15) is 24.0 Å². The largest absolute Gasteiger partial charge is 0.445 e. The number of carbonyl (C=O) groups excluding carboxylic acids is 5. The Kier molecular flexibility index (Phi) is 12.6. The lowest BCUT2D eigenvalue weighted by atomic mass is 9.99. The minimum Gasteiger partial charge on any atom is -0.445 e. The van der Waals surface area contributed by atoms with Crippen LogP contribution in [0.25, 0.3) is 0 Å². The molecule has 1 heterocycles. The SMILES string of the molecule is CC(C)(C)OC(=O)Nc1ccc(C(F)(F)F)cc1C(=O)NC(C=O)N[C@H]1CN(C(=O)OC(C)(C)C)CC[C@H]1NC(=O)OCc1ccccc1. The van der Waals surface area contributed by atoms with Gasteiger partial charge in [-0.3, -0.25) is 20.2 Å². The molecular formula is C33H42F3N5O8. The Hall–Kier alpha value is -4.86. The van der Waals surface area contributed by atoms with Crippen molar-refractivity contribution < 1.29 is 51.4 Å². The average molecular weight is 694 g/mol. The van der Waals surface area contributed by atoms with Crippen LogP contribution in [0.4, 0.5) is 33.2 Å². The van der Waals surface area contributed by atoms with Crippen LogP contribution < -0.4 is 21.3 Å². The fourth-order valence-electron chi connectivity index (χ4n) is 4.70. The van der Waals surface area contributed by atoms with Crippen molar-refractivity contribution in [3.8, 4) is 0 Å². The second-order valence-electron chi connectivity index (χ2n) is 13.3. The van der Waals surface area contributed by atoms with E-state index in [2.05, 4.69) is 21.3 Å². The average Bonchev–Trinajstić information content (AvgIpc) is 2.98. The summed E-state index contributed by atoms with van der Waals surface area (Å²) in [6.45, 7) is 9.85. The topological polar surface area (TPSA) is 164 Å². The van der Waals surface area contributed by atoms with Gasteiger partial charge in [0.25, 0.3) is 5.91 Å². The Balaban J connectivity index is 1.82. The van der Waals surface area contributed by atoms with Crippen molar-refractivity contribution in [3.05, 3.63) is 65.2 Å². The number of nitrogens with zero attached hydrogens (tertiary/aromatic N) is 1. The van der Waals surface area contributed by atoms with Crippen molar-refractivity contribution in [2.24, 2.45) is 0 Å². The number of rotatable bonds is 9. The molecule has 1 aliphatic heterocycles. The molecule has 3 rings (SSSR count). The normalized spacial score (nSPS) is 17.3. The molecular weight excluding hydrogens is 651 g/mol. The summed E-state index contributed by atoms with van der Waals surface area (Å²) in [5.41, 5.74) is -3.11. The number of likely N-dealkylation sites (tertiary alicyclic amines) is 1. The van der Waals surface area contributed by atoms with Gasteiger partial charge in [-0.15, -0.1) is 0 Å². The van der Waals surface area contributed by atoms with Gasteiger partial charge in [0.15, 0.2) is 6.29 Å². The fourth-order valence-corrected chi connectivity index (χ4v) is 4.70. The number of amides is 4. The van der Waals surface area contributed by atoms with Crippen LogP contribution in [-0.2, 0) is 31.8 Å². The van der Waals surface area contributed by atoms with Gasteiger partial charge in [0.05, 0.1) is 22.9 Å². The monoisotopic (exact) mass is 693 g/mol. The van der Waals surface area contributed by atoms with Crippen LogP contribution in [0.1, 0.15) is 69.4 Å². The number of piperidine rings is 1. The van der Waals surface area contributed by atoms with Crippen molar-refractivity contribution in [1.82, 2.24) is 20.9 Å². The smallest absolute Gasteiger partial charge is 0.416 e. The highest BCUT2D eigenvalue weighted by Crippen LogP contribution is 2.32. The van der Waals surface area contributed by atoms with Crippen molar-refractivity contribution in [2.75, 3.05) is 18.4 Å². The van der Waals surface area contributed by atoms with Gasteiger partial charge in [-0.1, -0.05) is 30.3 Å². The highest BCUT2D eigenvalue weighted by molar-refractivity contribution is 6.03. The number of nitrogens with one attached hydrogen (secondary N) is 4. The first-order valence-electron chi connectivity index (χ1n) is 15.4. The number of alkyl halides is 3. The van der Waals surface area contributed by atoms with Crippen LogP contribution in [-0.4, -0.2) is 77.9 Å². The van der Waals surface area contributed by atoms with Gasteiger partial charge in [-0.25, -0.2) is 14.4 Å². The molecule has 0 radical (unpaired) electrons. The molecule has 4 N–H and O–H groups in total. The number of halogens is 3. The second-order valence-corrected chi connectivity index (χ2v) is 13.3. The predicted molar refractivity (Wildman–Crippen MR) is 172 cm³/mol. The zero-order valence-corrected chi connectivity index (χ0v) is 28.1. The molecule has 0 aliphatic carbocycles. The highest BCUT2D eigenvalue weighted by atomic mass is 19.4. The Labute approximate surface area is 282 Å². The van der Waals surface area contributed by atoms with E-state index >= 15 is 0 Å². The van der Waals surface area contributed by atoms with Gasteiger partial charge in [-0.05, 0) is 71.7 Å². The molecule has 0 bridgehead atoms. The highest BCUT2D eigenvalue weighted by Gasteiger charge is 2.37. The minimum atomic E-state index is -4.83. The van der Waals surface area contributed by atoms with Crippen LogP contribution in [0.5, 0.6) is 0 Å². The van der Waals surface area contributed by atoms with Crippen LogP contribution in [0, 0.1) is 0 Å². The summed E-state index contributed by atoms with van der Waals surface area (Å²) in [5, 5.41) is 10.2. The third-order valence-electron chi connectivity index (χ3n) is 6.82. The number of aldehydes is 1. The number of carbonyl (C=O) groups is 5. The Bertz CT molecular complexity index is 1490. The predicted octanol–water partition coefficient (Wildman–Crippen LogP) is 5.20. The van der Waals surface area contributed by atoms with Crippen molar-refractivity contribution in [3.63, 3.8) is 0 Å². The van der Waals surface area contributed by atoms with Crippen LogP contribution in [0.2, 0.25) is 0 Å². The van der Waals surface area contributed by atoms with E-state index in [4.69, 9.17) is 14.2 Å². The van der Waals surface area contributed by atoms with Crippen molar-refractivity contribution >= 4 is 36.2 Å². The molecule has 2 aromatic rings. The molecule has 3 atom stereocenters. The van der Waals surface area contributed by atoms with Crippen molar-refractivity contribution in [2.45, 2.75) is 90.2 Å². The Morgan fingerprint density at radius 1 is 0.918 bits per heavy atom. The number of benzene rings is 2. The fraction of sp³-hybridized carbons (Fsp3) is 0.485. The van der Waals surface area contributed by atoms with E-state index in [9.17, 15) is 37.1 Å². The number of alkyl carbamates (subject to hydrolysis) is 1. The van der Waals surface area contributed by atoms with E-state index in [1.54, 1.807) is 65.8 Å². The van der Waals surface area contributed by atoms with Crippen molar-refractivity contribution in [1.29, 1.82) is 0 Å². The number of ether oxygens (including phenoxy) is 3. The van der Waals surface area contributed by atoms with Crippen LogP contribution in [0.15, 0.2) is 48.5 Å². The summed E-state index contributed by atoms with van der Waals surface area (Å²) in [7, 11) is 0. The van der Waals surface area contributed by atoms with Crippen LogP contribution in [0.3, 0.4) is 0 Å². The first-order chi connectivity index (χ1) is 22.7. The lowest BCUT2D eigenvalue weighted by Gasteiger charge is -2.40. The lowest BCUT2D eigenvalue weighted by Crippen LogP contribution is -2.64. The maximum atomic E-state index is 13.6. The third-order valence-corrected chi connectivity index (χ3v) is 6.82. The van der Waals surface area contributed by atoms with E-state index in [1.165, 1.54) is 4.90 Å². The maximum absolute atomic E-state index is 13.6. The molecule has 16 heteroatoms. The maximum Gasteiger partial charge on any atom is 0.416 e. The standard InChI is InChI=1S/C33H42F3N5O8/c1-31(2,3)48-29(45)38-23-13-12-21(33(34,35)36)16-22(23)27(43)40-26(18-42)37-25-17-41(30(46)49-32(4,5)6)15-14-24(25)39-28(44)47-19-20-10-8-7-9-11-20/h7-13,16,18,24-26,37H,14-15,17,19H2,1-6H3,(H,38,45)(H,39,44)(H,40,43)/t24-,25+,26?/m1/s1. The zero-order chi connectivity index (χ0) is 36.6. The summed E-state index contributed by atoms with van der Waals surface area (Å²) in [6, 6.07) is 9.43. The summed E-state index contributed by atoms with van der Waals surface area (Å²) in [6.07, 6.45) is -8.33. The Morgan fingerprint density at radius 2 is 1.57 bits per heavy atom. The summed E-state index contributed by atoms with van der Waals surface area (Å²) in [5.74, 6) is -1.15. The van der Waals surface area contributed by atoms with E-state index in [0.717, 1.165) is 11.6 Å². The lowest BCUT2D eigenvalue weighted by molar-refractivity contribution is -0.137. The third kappa shape index (κ3) is 12.6. The second kappa shape index (κ2) is 16.0. The minimum absolute atomic E-state index is 0.0226. The Morgan fingerprint density at radius 3 is 2.16 bits per heavy atom. The van der Waals surface area contributed by atoms with E-state index < -0.39 is 70.9 Å². The zero-order valence-electron chi connectivity index (χ0n) is 28.1. The van der Waals surface area contributed by atoms with Gasteiger partial charge in [0.2, 0.25) is 0 Å². The van der Waals surface area contributed by atoms with Gasteiger partial charge in [0, 0.05) is 19.1 Å². The molecule has 2 aromatic carbocycles. The molecule has 0 saturated carbocycles. The summed E-state index contributed by atoms with van der Waals surface area (Å²) >= 11 is 0. The van der Waals surface area contributed by atoms with Gasteiger partial charge >= 0.3 is 24.5 Å². The van der Waals surface area contributed by atoms with E-state index in [-0.39, 0.29) is 31.8 Å². The molecule has 1 saturated heterocycles. The molecule has 13 nitrogen and oxygen atoms in total. The first kappa shape index (κ1) is 38.6. The molecule has 4 amide bonds. The number of hydrogen-bond donors (Lipinski definition) is 4. The molecule has 268 valence electrons. The molecule has 49 heavy (non-hydrogen) atoms. The molecule has 1 unspecified atom stereocenters. The summed E-state index contributed by atoms with van der Waals surface area (Å²) < 4.78 is 56.7. The van der Waals surface area contributed by atoms with Crippen LogP contribution >= 0.6 is 0 Å². The molecule has 0 aromatic heterocycles. The molecule has 0 spiro atoms.